The molecule has 0 saturated carbocycles. The summed E-state index contributed by atoms with van der Waals surface area (Å²) in [6.45, 7) is 6.00. The third kappa shape index (κ3) is 4.51. The van der Waals surface area contributed by atoms with Crippen LogP contribution in [0.15, 0.2) is 30.3 Å². The highest BCUT2D eigenvalue weighted by atomic mass is 16.4. The van der Waals surface area contributed by atoms with E-state index in [1.54, 1.807) is 31.2 Å². The van der Waals surface area contributed by atoms with Crippen molar-refractivity contribution in [3.05, 3.63) is 35.9 Å². The predicted molar refractivity (Wildman–Crippen MR) is 104 cm³/mol. The van der Waals surface area contributed by atoms with Crippen LogP contribution in [0.5, 0.6) is 0 Å². The maximum atomic E-state index is 13.2. The molecule has 2 amide bonds. The quantitative estimate of drug-likeness (QED) is 0.521. The molecule has 5 N–H and O–H groups in total. The fourth-order valence-corrected chi connectivity index (χ4v) is 3.56. The molecule has 1 aromatic carbocycles. The molecule has 2 rings (SSSR count). The van der Waals surface area contributed by atoms with Crippen molar-refractivity contribution in [1.29, 1.82) is 0 Å². The van der Waals surface area contributed by atoms with Crippen LogP contribution in [0.4, 0.5) is 0 Å². The fourth-order valence-electron chi connectivity index (χ4n) is 3.56. The van der Waals surface area contributed by atoms with Gasteiger partial charge in [-0.05, 0) is 30.7 Å². The second kappa shape index (κ2) is 8.86. The van der Waals surface area contributed by atoms with E-state index >= 15 is 0 Å². The normalized spacial score (nSPS) is 22.5. The Balaban J connectivity index is 2.39. The lowest BCUT2D eigenvalue weighted by Gasteiger charge is -2.44. The minimum absolute atomic E-state index is 0.0602. The Hall–Kier alpha value is -1.90. The van der Waals surface area contributed by atoms with Crippen LogP contribution in [0.1, 0.15) is 51.6 Å². The van der Waals surface area contributed by atoms with E-state index in [9.17, 15) is 19.6 Å². The Morgan fingerprint density at radius 1 is 1.33 bits per heavy atom. The Morgan fingerprint density at radius 3 is 2.48 bits per heavy atom. The van der Waals surface area contributed by atoms with Crippen LogP contribution in [0.3, 0.4) is 0 Å². The summed E-state index contributed by atoms with van der Waals surface area (Å²) in [5, 5.41) is 21.6. The molecule has 0 radical (unpaired) electrons. The van der Waals surface area contributed by atoms with Gasteiger partial charge in [-0.25, -0.2) is 0 Å². The lowest BCUT2D eigenvalue weighted by molar-refractivity contribution is -0.150. The lowest BCUT2D eigenvalue weighted by Crippen LogP contribution is -2.64. The Labute approximate surface area is 161 Å². The van der Waals surface area contributed by atoms with Crippen molar-refractivity contribution in [1.82, 2.24) is 10.2 Å². The van der Waals surface area contributed by atoms with Gasteiger partial charge in [-0.15, -0.1) is 0 Å². The SMILES string of the molecule is CCC(NC(=O)C(c1ccccc1)N1CCCC(N)(C(C)C)C1=O)B(O)O. The predicted octanol–water partition coefficient (Wildman–Crippen LogP) is 0.610. The van der Waals surface area contributed by atoms with E-state index < -0.39 is 30.5 Å². The van der Waals surface area contributed by atoms with E-state index in [2.05, 4.69) is 5.32 Å². The smallest absolute Gasteiger partial charge is 0.426 e. The molecular formula is C19H30BN3O4. The van der Waals surface area contributed by atoms with Gasteiger partial charge in [-0.1, -0.05) is 51.1 Å². The molecule has 7 nitrogen and oxygen atoms in total. The summed E-state index contributed by atoms with van der Waals surface area (Å²) in [7, 11) is -1.67. The minimum Gasteiger partial charge on any atom is -0.426 e. The third-order valence-corrected chi connectivity index (χ3v) is 5.48. The number of likely N-dealkylation sites (tertiary alicyclic amines) is 1. The number of nitrogens with two attached hydrogens (primary N) is 1. The first-order chi connectivity index (χ1) is 12.7. The van der Waals surface area contributed by atoms with Crippen molar-refractivity contribution < 1.29 is 19.6 Å². The first-order valence-corrected chi connectivity index (χ1v) is 9.53. The number of amides is 2. The molecule has 1 saturated heterocycles. The van der Waals surface area contributed by atoms with E-state index in [-0.39, 0.29) is 11.8 Å². The molecule has 1 aromatic rings. The van der Waals surface area contributed by atoms with E-state index in [0.29, 0.717) is 31.4 Å². The average molecular weight is 375 g/mol. The second-order valence-electron chi connectivity index (χ2n) is 7.55. The van der Waals surface area contributed by atoms with Crippen molar-refractivity contribution >= 4 is 18.9 Å². The Morgan fingerprint density at radius 2 is 1.96 bits per heavy atom. The van der Waals surface area contributed by atoms with Crippen LogP contribution >= 0.6 is 0 Å². The Kier molecular flexibility index (Phi) is 7.03. The summed E-state index contributed by atoms with van der Waals surface area (Å²) < 4.78 is 0. The van der Waals surface area contributed by atoms with E-state index in [4.69, 9.17) is 5.73 Å². The van der Waals surface area contributed by atoms with Gasteiger partial charge in [-0.3, -0.25) is 9.59 Å². The molecule has 0 spiro atoms. The maximum absolute atomic E-state index is 13.2. The zero-order valence-corrected chi connectivity index (χ0v) is 16.3. The highest BCUT2D eigenvalue weighted by molar-refractivity contribution is 6.43. The van der Waals surface area contributed by atoms with Crippen LogP contribution in [0, 0.1) is 5.92 Å². The van der Waals surface area contributed by atoms with Gasteiger partial charge in [0.2, 0.25) is 11.8 Å². The molecule has 1 aliphatic rings. The molecule has 0 bridgehead atoms. The van der Waals surface area contributed by atoms with Crippen LogP contribution in [-0.4, -0.2) is 51.9 Å². The zero-order chi connectivity index (χ0) is 20.2. The first-order valence-electron chi connectivity index (χ1n) is 9.53. The van der Waals surface area contributed by atoms with Crippen LogP contribution in [0.2, 0.25) is 0 Å². The topological polar surface area (TPSA) is 116 Å². The largest absolute Gasteiger partial charge is 0.475 e. The molecule has 0 aliphatic carbocycles. The number of hydrogen-bond donors (Lipinski definition) is 4. The number of hydrogen-bond acceptors (Lipinski definition) is 5. The van der Waals surface area contributed by atoms with Gasteiger partial charge in [0, 0.05) is 6.54 Å². The van der Waals surface area contributed by atoms with Gasteiger partial charge < -0.3 is 26.0 Å². The first kappa shape index (κ1) is 21.4. The fraction of sp³-hybridized carbons (Fsp3) is 0.579. The summed E-state index contributed by atoms with van der Waals surface area (Å²) >= 11 is 0. The number of nitrogens with zero attached hydrogens (tertiary/aromatic N) is 1. The number of rotatable bonds is 7. The van der Waals surface area contributed by atoms with E-state index in [0.717, 1.165) is 0 Å². The number of piperidine rings is 1. The van der Waals surface area contributed by atoms with Crippen molar-refractivity contribution in [3.63, 3.8) is 0 Å². The van der Waals surface area contributed by atoms with E-state index in [1.807, 2.05) is 19.9 Å². The highest BCUT2D eigenvalue weighted by Crippen LogP contribution is 2.33. The highest BCUT2D eigenvalue weighted by Gasteiger charge is 2.47. The molecule has 3 unspecified atom stereocenters. The molecule has 3 atom stereocenters. The molecule has 0 aromatic heterocycles. The molecule has 8 heteroatoms. The second-order valence-corrected chi connectivity index (χ2v) is 7.55. The number of nitrogens with one attached hydrogen (secondary N) is 1. The van der Waals surface area contributed by atoms with Gasteiger partial charge in [0.1, 0.15) is 6.04 Å². The van der Waals surface area contributed by atoms with Gasteiger partial charge in [-0.2, -0.15) is 0 Å². The van der Waals surface area contributed by atoms with Crippen molar-refractivity contribution in [2.75, 3.05) is 6.54 Å². The standard InChI is InChI=1S/C19H30BN3O4/c1-4-15(20(26)27)22-17(24)16(14-9-6-5-7-10-14)23-12-8-11-19(21,13(2)3)18(23)25/h5-7,9-10,13,15-16,26-27H,4,8,11-12,21H2,1-3H3,(H,22,24). The average Bonchev–Trinajstić information content (AvgIpc) is 2.64. The molecule has 27 heavy (non-hydrogen) atoms. The van der Waals surface area contributed by atoms with Gasteiger partial charge in [0.15, 0.2) is 0 Å². The van der Waals surface area contributed by atoms with Gasteiger partial charge in [0.05, 0.1) is 11.5 Å². The van der Waals surface area contributed by atoms with Crippen LogP contribution in [-0.2, 0) is 9.59 Å². The molecule has 148 valence electrons. The summed E-state index contributed by atoms with van der Waals surface area (Å²) in [4.78, 5) is 27.8. The Bertz CT molecular complexity index is 656. The molecule has 1 heterocycles. The lowest BCUT2D eigenvalue weighted by atomic mass is 9.77. The third-order valence-electron chi connectivity index (χ3n) is 5.48. The summed E-state index contributed by atoms with van der Waals surface area (Å²) in [5.41, 5.74) is 6.08. The monoisotopic (exact) mass is 375 g/mol. The molecule has 1 fully saturated rings. The van der Waals surface area contributed by atoms with Crippen molar-refractivity contribution in [2.45, 2.75) is 57.6 Å². The molecular weight excluding hydrogens is 345 g/mol. The maximum Gasteiger partial charge on any atom is 0.475 e. The number of benzene rings is 1. The number of carbonyl (C=O) groups is 2. The van der Waals surface area contributed by atoms with Crippen molar-refractivity contribution in [3.8, 4) is 0 Å². The molecule has 1 aliphatic heterocycles. The summed E-state index contributed by atoms with van der Waals surface area (Å²) in [5.74, 6) is -1.56. The number of carbonyl (C=O) groups excluding carboxylic acids is 2. The van der Waals surface area contributed by atoms with Crippen LogP contribution < -0.4 is 11.1 Å². The van der Waals surface area contributed by atoms with Crippen LogP contribution in [0.25, 0.3) is 0 Å². The van der Waals surface area contributed by atoms with Gasteiger partial charge in [0.25, 0.3) is 0 Å². The summed E-state index contributed by atoms with van der Waals surface area (Å²) in [6, 6.07) is 8.16. The zero-order valence-electron chi connectivity index (χ0n) is 16.3. The van der Waals surface area contributed by atoms with E-state index in [1.165, 1.54) is 4.90 Å². The minimum atomic E-state index is -1.67. The summed E-state index contributed by atoms with van der Waals surface area (Å²) in [6.07, 6.45) is 1.64. The van der Waals surface area contributed by atoms with Gasteiger partial charge >= 0.3 is 7.12 Å². The van der Waals surface area contributed by atoms with Crippen molar-refractivity contribution in [2.24, 2.45) is 11.7 Å².